The van der Waals surface area contributed by atoms with Crippen molar-refractivity contribution < 1.29 is 13.5 Å². The van der Waals surface area contributed by atoms with Crippen molar-refractivity contribution in [1.29, 1.82) is 0 Å². The predicted octanol–water partition coefficient (Wildman–Crippen LogP) is 2.03. The van der Waals surface area contributed by atoms with Crippen LogP contribution >= 0.6 is 0 Å². The molecule has 3 nitrogen and oxygen atoms in total. The molecule has 1 saturated heterocycles. The Kier molecular flexibility index (Phi) is 4.37. The molecule has 0 spiro atoms. The Morgan fingerprint density at radius 1 is 1.21 bits per heavy atom. The summed E-state index contributed by atoms with van der Waals surface area (Å²) in [7, 11) is 0. The summed E-state index contributed by atoms with van der Waals surface area (Å²) in [5.41, 5.74) is -0.443. The zero-order chi connectivity index (χ0) is 13.9. The van der Waals surface area contributed by atoms with Crippen LogP contribution in [0.5, 0.6) is 5.75 Å². The Hall–Kier alpha value is -1.20. The number of hydrogen-bond acceptors (Lipinski definition) is 3. The molecule has 0 atom stereocenters. The van der Waals surface area contributed by atoms with Crippen LogP contribution in [0.1, 0.15) is 13.8 Å². The molecule has 1 N–H and O–H groups in total. The third kappa shape index (κ3) is 4.14. The summed E-state index contributed by atoms with van der Waals surface area (Å²) in [5, 5.41) is 3.29. The lowest BCUT2D eigenvalue weighted by Gasteiger charge is -2.35. The fourth-order valence-electron chi connectivity index (χ4n) is 2.30. The average molecular weight is 270 g/mol. The van der Waals surface area contributed by atoms with E-state index in [1.807, 2.05) is 13.8 Å². The molecule has 0 saturated carbocycles. The predicted molar refractivity (Wildman–Crippen MR) is 70.4 cm³/mol. The normalized spacial score (nSPS) is 17.5. The molecule has 1 aliphatic rings. The van der Waals surface area contributed by atoms with E-state index in [0.29, 0.717) is 5.75 Å². The lowest BCUT2D eigenvalue weighted by Crippen LogP contribution is -2.50. The molecule has 19 heavy (non-hydrogen) atoms. The third-order valence-corrected chi connectivity index (χ3v) is 3.10. The highest BCUT2D eigenvalue weighted by Crippen LogP contribution is 2.21. The van der Waals surface area contributed by atoms with Gasteiger partial charge in [-0.15, -0.1) is 0 Å². The molecule has 106 valence electrons. The first kappa shape index (κ1) is 14.2. The largest absolute Gasteiger partial charge is 0.486 e. The van der Waals surface area contributed by atoms with E-state index in [1.165, 1.54) is 6.07 Å². The lowest BCUT2D eigenvalue weighted by atomic mass is 10.1. The Balaban J connectivity index is 1.96. The van der Waals surface area contributed by atoms with E-state index in [2.05, 4.69) is 10.2 Å². The van der Waals surface area contributed by atoms with E-state index in [9.17, 15) is 8.78 Å². The van der Waals surface area contributed by atoms with Gasteiger partial charge in [0.25, 0.3) is 0 Å². The molecule has 0 unspecified atom stereocenters. The number of piperazine rings is 1. The van der Waals surface area contributed by atoms with Crippen LogP contribution < -0.4 is 10.1 Å². The molecule has 5 heteroatoms. The van der Waals surface area contributed by atoms with Crippen LogP contribution in [0.3, 0.4) is 0 Å². The molecule has 1 heterocycles. The summed E-state index contributed by atoms with van der Waals surface area (Å²) in [6, 6.07) is 3.64. The number of ether oxygens (including phenoxy) is 1. The topological polar surface area (TPSA) is 24.5 Å². The zero-order valence-corrected chi connectivity index (χ0v) is 11.4. The van der Waals surface area contributed by atoms with Crippen LogP contribution in [0.15, 0.2) is 18.2 Å². The van der Waals surface area contributed by atoms with Crippen molar-refractivity contribution in [2.45, 2.75) is 19.4 Å². The number of benzene rings is 1. The molecule has 0 bridgehead atoms. The van der Waals surface area contributed by atoms with Crippen LogP contribution in [-0.4, -0.2) is 43.2 Å². The molecule has 1 aromatic carbocycles. The van der Waals surface area contributed by atoms with Crippen LogP contribution in [0, 0.1) is 11.6 Å². The van der Waals surface area contributed by atoms with Gasteiger partial charge in [-0.1, -0.05) is 0 Å². The fraction of sp³-hybridized carbons (Fsp3) is 0.571. The first-order chi connectivity index (χ1) is 8.96. The summed E-state index contributed by atoms with van der Waals surface area (Å²) in [4.78, 5) is 2.30. The van der Waals surface area contributed by atoms with Gasteiger partial charge in [-0.2, -0.15) is 0 Å². The van der Waals surface area contributed by atoms with E-state index in [4.69, 9.17) is 4.74 Å². The molecule has 2 rings (SSSR count). The Bertz CT molecular complexity index is 431. The monoisotopic (exact) mass is 270 g/mol. The van der Waals surface area contributed by atoms with E-state index in [1.54, 1.807) is 0 Å². The second kappa shape index (κ2) is 5.84. The van der Waals surface area contributed by atoms with E-state index < -0.39 is 17.2 Å². The number of nitrogens with zero attached hydrogens (tertiary/aromatic N) is 1. The molecule has 1 aliphatic heterocycles. The van der Waals surface area contributed by atoms with Crippen molar-refractivity contribution in [3.8, 4) is 5.75 Å². The lowest BCUT2D eigenvalue weighted by molar-refractivity contribution is 0.0544. The van der Waals surface area contributed by atoms with Crippen molar-refractivity contribution >= 4 is 0 Å². The Labute approximate surface area is 112 Å². The van der Waals surface area contributed by atoms with Gasteiger partial charge in [0.05, 0.1) is 0 Å². The van der Waals surface area contributed by atoms with Gasteiger partial charge < -0.3 is 10.1 Å². The minimum absolute atomic E-state index is 0.360. The Morgan fingerprint density at radius 2 is 1.89 bits per heavy atom. The standard InChI is InChI=1S/C14H20F2N2O/c1-14(2,10-18-7-5-17-6-8-18)19-11-3-4-12(15)13(16)9-11/h3-4,9,17H,5-8,10H2,1-2H3. The third-order valence-electron chi connectivity index (χ3n) is 3.10. The maximum atomic E-state index is 13.1. The van der Waals surface area contributed by atoms with Gasteiger partial charge in [0, 0.05) is 38.8 Å². The Morgan fingerprint density at radius 3 is 2.53 bits per heavy atom. The smallest absolute Gasteiger partial charge is 0.162 e. The second-order valence-electron chi connectivity index (χ2n) is 5.46. The molecule has 0 amide bonds. The van der Waals surface area contributed by atoms with Gasteiger partial charge in [0.1, 0.15) is 11.4 Å². The zero-order valence-electron chi connectivity index (χ0n) is 11.4. The van der Waals surface area contributed by atoms with Gasteiger partial charge >= 0.3 is 0 Å². The number of nitrogens with one attached hydrogen (secondary N) is 1. The first-order valence-electron chi connectivity index (χ1n) is 6.53. The molecule has 0 radical (unpaired) electrons. The van der Waals surface area contributed by atoms with Crippen LogP contribution in [-0.2, 0) is 0 Å². The van der Waals surface area contributed by atoms with Crippen LogP contribution in [0.2, 0.25) is 0 Å². The maximum Gasteiger partial charge on any atom is 0.162 e. The SMILES string of the molecule is CC(C)(CN1CCNCC1)Oc1ccc(F)c(F)c1. The number of hydrogen-bond donors (Lipinski definition) is 1. The van der Waals surface area contributed by atoms with E-state index >= 15 is 0 Å². The summed E-state index contributed by atoms with van der Waals surface area (Å²) in [6.07, 6.45) is 0. The van der Waals surface area contributed by atoms with Crippen LogP contribution in [0.25, 0.3) is 0 Å². The van der Waals surface area contributed by atoms with Crippen molar-refractivity contribution in [3.05, 3.63) is 29.8 Å². The minimum Gasteiger partial charge on any atom is -0.486 e. The van der Waals surface area contributed by atoms with Crippen molar-refractivity contribution in [2.24, 2.45) is 0 Å². The molecular formula is C14H20F2N2O. The van der Waals surface area contributed by atoms with Crippen molar-refractivity contribution in [3.63, 3.8) is 0 Å². The van der Waals surface area contributed by atoms with Gasteiger partial charge in [-0.05, 0) is 26.0 Å². The van der Waals surface area contributed by atoms with Gasteiger partial charge in [-0.3, -0.25) is 4.90 Å². The molecule has 1 fully saturated rings. The first-order valence-corrected chi connectivity index (χ1v) is 6.53. The molecule has 0 aromatic heterocycles. The number of halogens is 2. The quantitative estimate of drug-likeness (QED) is 0.906. The summed E-state index contributed by atoms with van der Waals surface area (Å²) < 4.78 is 31.8. The summed E-state index contributed by atoms with van der Waals surface area (Å²) in [5.74, 6) is -1.37. The highest BCUT2D eigenvalue weighted by Gasteiger charge is 2.25. The summed E-state index contributed by atoms with van der Waals surface area (Å²) in [6.45, 7) is 8.57. The van der Waals surface area contributed by atoms with Crippen molar-refractivity contribution in [2.75, 3.05) is 32.7 Å². The minimum atomic E-state index is -0.879. The average Bonchev–Trinajstić information content (AvgIpc) is 2.34. The highest BCUT2D eigenvalue weighted by atomic mass is 19.2. The molecule has 0 aliphatic carbocycles. The molecule has 1 aromatic rings. The van der Waals surface area contributed by atoms with Crippen molar-refractivity contribution in [1.82, 2.24) is 10.2 Å². The number of rotatable bonds is 4. The van der Waals surface area contributed by atoms with Gasteiger partial charge in [0.15, 0.2) is 11.6 Å². The maximum absolute atomic E-state index is 13.1. The van der Waals surface area contributed by atoms with E-state index in [0.717, 1.165) is 44.9 Å². The fourth-order valence-corrected chi connectivity index (χ4v) is 2.30. The second-order valence-corrected chi connectivity index (χ2v) is 5.46. The van der Waals surface area contributed by atoms with Gasteiger partial charge in [0.2, 0.25) is 0 Å². The van der Waals surface area contributed by atoms with Crippen LogP contribution in [0.4, 0.5) is 8.78 Å². The van der Waals surface area contributed by atoms with Gasteiger partial charge in [-0.25, -0.2) is 8.78 Å². The summed E-state index contributed by atoms with van der Waals surface area (Å²) >= 11 is 0. The van der Waals surface area contributed by atoms with E-state index in [-0.39, 0.29) is 0 Å². The highest BCUT2D eigenvalue weighted by molar-refractivity contribution is 5.24. The molecular weight excluding hydrogens is 250 g/mol.